The van der Waals surface area contributed by atoms with Gasteiger partial charge in [0.15, 0.2) is 0 Å². The van der Waals surface area contributed by atoms with E-state index < -0.39 is 6.10 Å². The minimum absolute atomic E-state index is 0.302. The van der Waals surface area contributed by atoms with Crippen LogP contribution in [0.4, 0.5) is 0 Å². The first-order valence-electron chi connectivity index (χ1n) is 11.2. The van der Waals surface area contributed by atoms with E-state index in [9.17, 15) is 5.11 Å². The van der Waals surface area contributed by atoms with E-state index >= 15 is 0 Å². The Morgan fingerprint density at radius 1 is 1.03 bits per heavy atom. The zero-order valence-electron chi connectivity index (χ0n) is 18.9. The molecule has 1 atom stereocenters. The molecule has 3 rings (SSSR count). The molecule has 0 aliphatic heterocycles. The molecule has 1 unspecified atom stereocenters. The maximum atomic E-state index is 10.6. The molecule has 0 bridgehead atoms. The molecule has 0 spiro atoms. The van der Waals surface area contributed by atoms with Gasteiger partial charge in [0, 0.05) is 29.4 Å². The molecule has 0 fully saturated rings. The van der Waals surface area contributed by atoms with Crippen molar-refractivity contribution in [3.63, 3.8) is 0 Å². The number of rotatable bonds is 11. The van der Waals surface area contributed by atoms with Crippen LogP contribution in [0.1, 0.15) is 40.5 Å². The number of benzene rings is 2. The van der Waals surface area contributed by atoms with E-state index in [1.165, 1.54) is 22.0 Å². The maximum absolute atomic E-state index is 10.6. The van der Waals surface area contributed by atoms with E-state index in [2.05, 4.69) is 73.6 Å². The molecule has 0 radical (unpaired) electrons. The molecule has 1 heterocycles. The molecule has 0 saturated heterocycles. The quantitative estimate of drug-likeness (QED) is 0.418. The van der Waals surface area contributed by atoms with Crippen molar-refractivity contribution in [2.75, 3.05) is 26.2 Å². The summed E-state index contributed by atoms with van der Waals surface area (Å²) in [5.41, 5.74) is 3.68. The van der Waals surface area contributed by atoms with Crippen molar-refractivity contribution in [2.24, 2.45) is 0 Å². The molecule has 162 valence electrons. The topological polar surface area (TPSA) is 37.6 Å². The Kier molecular flexibility index (Phi) is 7.94. The second kappa shape index (κ2) is 10.6. The number of aliphatic hydroxyl groups is 1. The summed E-state index contributed by atoms with van der Waals surface area (Å²) in [6.07, 6.45) is 3.94. The molecule has 0 saturated carbocycles. The molecule has 0 amide bonds. The largest absolute Gasteiger partial charge is 0.490 e. The Balaban J connectivity index is 1.86. The highest BCUT2D eigenvalue weighted by molar-refractivity contribution is 6.11. The fourth-order valence-corrected chi connectivity index (χ4v) is 4.12. The van der Waals surface area contributed by atoms with E-state index in [4.69, 9.17) is 4.74 Å². The second-order valence-electron chi connectivity index (χ2n) is 8.32. The summed E-state index contributed by atoms with van der Waals surface area (Å²) in [5.74, 6) is 0.844. The number of ether oxygens (including phenoxy) is 1. The molecule has 0 aliphatic carbocycles. The van der Waals surface area contributed by atoms with Gasteiger partial charge in [0.05, 0.1) is 5.52 Å². The summed E-state index contributed by atoms with van der Waals surface area (Å²) >= 11 is 0. The molecule has 3 aromatic rings. The lowest BCUT2D eigenvalue weighted by Crippen LogP contribution is -2.36. The molecule has 2 aromatic carbocycles. The number of hydrogen-bond donors (Lipinski definition) is 1. The first kappa shape index (κ1) is 22.4. The average molecular weight is 409 g/mol. The van der Waals surface area contributed by atoms with Gasteiger partial charge in [0.1, 0.15) is 18.5 Å². The van der Waals surface area contributed by atoms with Crippen LogP contribution < -0.4 is 4.74 Å². The van der Waals surface area contributed by atoms with Gasteiger partial charge >= 0.3 is 0 Å². The molecular formula is C26H36N2O2. The zero-order chi connectivity index (χ0) is 21.5. The number of fused-ring (bicyclic) bond motifs is 3. The van der Waals surface area contributed by atoms with Gasteiger partial charge in [-0.05, 0) is 58.0 Å². The lowest BCUT2D eigenvalue weighted by Gasteiger charge is -2.24. The molecule has 1 aromatic heterocycles. The van der Waals surface area contributed by atoms with E-state index in [0.717, 1.165) is 43.6 Å². The molecule has 4 heteroatoms. The predicted molar refractivity (Wildman–Crippen MR) is 127 cm³/mol. The SMILES string of the molecule is CCCN(CCC)CC(O)COc1cccc2c1c1ccccc1n2CC=C(C)C. The van der Waals surface area contributed by atoms with Gasteiger partial charge < -0.3 is 19.3 Å². The van der Waals surface area contributed by atoms with Gasteiger partial charge in [-0.15, -0.1) is 0 Å². The third-order valence-electron chi connectivity index (χ3n) is 5.42. The molecular weight excluding hydrogens is 372 g/mol. The van der Waals surface area contributed by atoms with Gasteiger partial charge in [-0.25, -0.2) is 0 Å². The van der Waals surface area contributed by atoms with Crippen LogP contribution in [0.5, 0.6) is 5.75 Å². The van der Waals surface area contributed by atoms with Gasteiger partial charge in [-0.1, -0.05) is 49.8 Å². The van der Waals surface area contributed by atoms with Crippen LogP contribution in [0, 0.1) is 0 Å². The van der Waals surface area contributed by atoms with Gasteiger partial charge in [-0.2, -0.15) is 0 Å². The third-order valence-corrected chi connectivity index (χ3v) is 5.42. The molecule has 30 heavy (non-hydrogen) atoms. The Labute approximate surface area is 180 Å². The summed E-state index contributed by atoms with van der Waals surface area (Å²) in [5, 5.41) is 12.9. The number of hydrogen-bond acceptors (Lipinski definition) is 3. The van der Waals surface area contributed by atoms with Crippen molar-refractivity contribution in [1.82, 2.24) is 9.47 Å². The van der Waals surface area contributed by atoms with Crippen molar-refractivity contribution in [3.8, 4) is 5.75 Å². The summed E-state index contributed by atoms with van der Waals surface area (Å²) in [6, 6.07) is 14.7. The monoisotopic (exact) mass is 408 g/mol. The summed E-state index contributed by atoms with van der Waals surface area (Å²) in [6.45, 7) is 12.4. The molecule has 4 nitrogen and oxygen atoms in total. The fraction of sp³-hybridized carbons (Fsp3) is 0.462. The normalized spacial score (nSPS) is 12.6. The minimum atomic E-state index is -0.502. The van der Waals surface area contributed by atoms with Gasteiger partial charge in [-0.3, -0.25) is 0 Å². The Bertz CT molecular complexity index is 979. The number of aliphatic hydroxyl groups excluding tert-OH is 1. The van der Waals surface area contributed by atoms with Gasteiger partial charge in [0.2, 0.25) is 0 Å². The molecule has 1 N–H and O–H groups in total. The fourth-order valence-electron chi connectivity index (χ4n) is 4.12. The van der Waals surface area contributed by atoms with Crippen LogP contribution in [-0.4, -0.2) is 46.9 Å². The van der Waals surface area contributed by atoms with Crippen molar-refractivity contribution in [2.45, 2.75) is 53.2 Å². The first-order chi connectivity index (χ1) is 14.5. The Morgan fingerprint density at radius 2 is 1.73 bits per heavy atom. The van der Waals surface area contributed by atoms with E-state index in [1.807, 2.05) is 12.1 Å². The maximum Gasteiger partial charge on any atom is 0.129 e. The Hall–Kier alpha value is -2.30. The smallest absolute Gasteiger partial charge is 0.129 e. The Morgan fingerprint density at radius 3 is 2.43 bits per heavy atom. The van der Waals surface area contributed by atoms with E-state index in [1.54, 1.807) is 0 Å². The van der Waals surface area contributed by atoms with Crippen molar-refractivity contribution < 1.29 is 9.84 Å². The highest BCUT2D eigenvalue weighted by atomic mass is 16.5. The molecule has 0 aliphatic rings. The number of nitrogens with zero attached hydrogens (tertiary/aromatic N) is 2. The number of aromatic nitrogens is 1. The average Bonchev–Trinajstić information content (AvgIpc) is 3.05. The van der Waals surface area contributed by atoms with E-state index in [0.29, 0.717) is 13.2 Å². The van der Waals surface area contributed by atoms with Crippen LogP contribution in [-0.2, 0) is 6.54 Å². The summed E-state index contributed by atoms with van der Waals surface area (Å²) < 4.78 is 8.52. The van der Waals surface area contributed by atoms with E-state index in [-0.39, 0.29) is 0 Å². The predicted octanol–water partition coefficient (Wildman–Crippen LogP) is 5.62. The van der Waals surface area contributed by atoms with Crippen molar-refractivity contribution in [1.29, 1.82) is 0 Å². The lowest BCUT2D eigenvalue weighted by molar-refractivity contribution is 0.0687. The van der Waals surface area contributed by atoms with Crippen LogP contribution in [0.3, 0.4) is 0 Å². The first-order valence-corrected chi connectivity index (χ1v) is 11.2. The van der Waals surface area contributed by atoms with Crippen molar-refractivity contribution in [3.05, 3.63) is 54.1 Å². The van der Waals surface area contributed by atoms with Crippen LogP contribution in [0.15, 0.2) is 54.1 Å². The van der Waals surface area contributed by atoms with Crippen LogP contribution in [0.25, 0.3) is 21.8 Å². The highest BCUT2D eigenvalue weighted by Gasteiger charge is 2.16. The van der Waals surface area contributed by atoms with Crippen LogP contribution in [0.2, 0.25) is 0 Å². The third kappa shape index (κ3) is 5.24. The standard InChI is InChI=1S/C26H36N2O2/c1-5-15-27(16-6-2)18-21(29)19-30-25-13-9-12-24-26(25)22-10-7-8-11-23(22)28(24)17-14-20(3)4/h7-14,21,29H,5-6,15-19H2,1-4H3. The van der Waals surface area contributed by atoms with Crippen molar-refractivity contribution >= 4 is 21.8 Å². The number of allylic oxidation sites excluding steroid dienone is 2. The van der Waals surface area contributed by atoms with Gasteiger partial charge in [0.25, 0.3) is 0 Å². The minimum Gasteiger partial charge on any atom is -0.490 e. The summed E-state index contributed by atoms with van der Waals surface area (Å²) in [7, 11) is 0. The second-order valence-corrected chi connectivity index (χ2v) is 8.32. The lowest BCUT2D eigenvalue weighted by atomic mass is 10.1. The number of para-hydroxylation sites is 1. The zero-order valence-corrected chi connectivity index (χ0v) is 18.9. The highest BCUT2D eigenvalue weighted by Crippen LogP contribution is 2.35. The summed E-state index contributed by atoms with van der Waals surface area (Å²) in [4.78, 5) is 2.32. The van der Waals surface area contributed by atoms with Crippen LogP contribution >= 0.6 is 0 Å².